The zero-order valence-corrected chi connectivity index (χ0v) is 16.0. The molecule has 1 amide bonds. The van der Waals surface area contributed by atoms with Gasteiger partial charge in [0.05, 0.1) is 18.4 Å². The number of rotatable bonds is 8. The van der Waals surface area contributed by atoms with Gasteiger partial charge in [0.25, 0.3) is 0 Å². The largest absolute Gasteiger partial charge is 0.467 e. The Labute approximate surface area is 158 Å². The predicted molar refractivity (Wildman–Crippen MR) is 100 cm³/mol. The summed E-state index contributed by atoms with van der Waals surface area (Å²) in [7, 11) is -2.64. The highest BCUT2D eigenvalue weighted by atomic mass is 32.2. The first-order valence-electron chi connectivity index (χ1n) is 8.29. The Morgan fingerprint density at radius 2 is 1.67 bits per heavy atom. The lowest BCUT2D eigenvalue weighted by Crippen LogP contribution is -2.49. The van der Waals surface area contributed by atoms with Gasteiger partial charge in [0.1, 0.15) is 6.04 Å². The zero-order valence-electron chi connectivity index (χ0n) is 15.1. The molecule has 7 nitrogen and oxygen atoms in total. The van der Waals surface area contributed by atoms with Crippen LogP contribution in [0.1, 0.15) is 11.1 Å². The van der Waals surface area contributed by atoms with E-state index < -0.39 is 27.9 Å². The number of benzene rings is 2. The molecule has 27 heavy (non-hydrogen) atoms. The molecule has 2 N–H and O–H groups in total. The highest BCUT2D eigenvalue weighted by Gasteiger charge is 2.24. The number of methoxy groups -OCH3 is 1. The van der Waals surface area contributed by atoms with Crippen molar-refractivity contribution >= 4 is 21.9 Å². The Morgan fingerprint density at radius 3 is 2.26 bits per heavy atom. The number of hydrogen-bond donors (Lipinski definition) is 2. The van der Waals surface area contributed by atoms with Crippen LogP contribution >= 0.6 is 0 Å². The number of ether oxygens (including phenoxy) is 1. The van der Waals surface area contributed by atoms with Crippen molar-refractivity contribution in [3.8, 4) is 0 Å². The fourth-order valence-electron chi connectivity index (χ4n) is 2.36. The fraction of sp³-hybridized carbons (Fsp3) is 0.263. The first-order valence-corrected chi connectivity index (χ1v) is 9.77. The van der Waals surface area contributed by atoms with Crippen LogP contribution in [0.15, 0.2) is 59.5 Å². The lowest BCUT2D eigenvalue weighted by molar-refractivity contribution is -0.144. The zero-order chi connectivity index (χ0) is 19.9. The summed E-state index contributed by atoms with van der Waals surface area (Å²) in [6, 6.07) is 14.2. The Hall–Kier alpha value is -2.71. The van der Waals surface area contributed by atoms with Crippen LogP contribution < -0.4 is 10.0 Å². The van der Waals surface area contributed by atoms with Crippen LogP contribution in [0.25, 0.3) is 0 Å². The maximum absolute atomic E-state index is 12.4. The van der Waals surface area contributed by atoms with Gasteiger partial charge in [-0.3, -0.25) is 4.79 Å². The van der Waals surface area contributed by atoms with Crippen molar-refractivity contribution in [2.45, 2.75) is 24.3 Å². The van der Waals surface area contributed by atoms with Gasteiger partial charge in [-0.05, 0) is 24.6 Å². The lowest BCUT2D eigenvalue weighted by Gasteiger charge is -2.17. The maximum Gasteiger partial charge on any atom is 0.329 e. The molecule has 0 spiro atoms. The van der Waals surface area contributed by atoms with E-state index in [1.807, 2.05) is 13.0 Å². The van der Waals surface area contributed by atoms with Crippen LogP contribution in [-0.4, -0.2) is 40.0 Å². The topological polar surface area (TPSA) is 102 Å². The van der Waals surface area contributed by atoms with Crippen molar-refractivity contribution in [1.29, 1.82) is 0 Å². The average Bonchev–Trinajstić information content (AvgIpc) is 2.65. The van der Waals surface area contributed by atoms with Gasteiger partial charge in [-0.1, -0.05) is 48.0 Å². The van der Waals surface area contributed by atoms with Gasteiger partial charge in [-0.15, -0.1) is 0 Å². The van der Waals surface area contributed by atoms with E-state index in [0.717, 1.165) is 11.1 Å². The summed E-state index contributed by atoms with van der Waals surface area (Å²) >= 11 is 0. The summed E-state index contributed by atoms with van der Waals surface area (Å²) in [5.41, 5.74) is 1.70. The molecule has 0 heterocycles. The molecule has 0 radical (unpaired) electrons. The van der Waals surface area contributed by atoms with E-state index in [-0.39, 0.29) is 17.9 Å². The smallest absolute Gasteiger partial charge is 0.329 e. The van der Waals surface area contributed by atoms with Gasteiger partial charge in [-0.2, -0.15) is 0 Å². The highest BCUT2D eigenvalue weighted by Crippen LogP contribution is 2.10. The number of amides is 1. The van der Waals surface area contributed by atoms with E-state index in [1.165, 1.54) is 19.2 Å². The number of carbonyl (C=O) groups is 2. The molecule has 144 valence electrons. The van der Waals surface area contributed by atoms with Crippen molar-refractivity contribution < 1.29 is 22.7 Å². The number of nitrogens with one attached hydrogen (secondary N) is 2. The van der Waals surface area contributed by atoms with Gasteiger partial charge in [0.2, 0.25) is 15.9 Å². The van der Waals surface area contributed by atoms with Gasteiger partial charge >= 0.3 is 5.97 Å². The molecule has 0 aliphatic heterocycles. The van der Waals surface area contributed by atoms with Crippen molar-refractivity contribution in [2.75, 3.05) is 13.7 Å². The molecule has 8 heteroatoms. The normalized spacial score (nSPS) is 12.2. The number of aryl methyl sites for hydroxylation is 1. The van der Waals surface area contributed by atoms with Gasteiger partial charge in [0, 0.05) is 6.54 Å². The van der Waals surface area contributed by atoms with Crippen LogP contribution in [0.2, 0.25) is 0 Å². The molecule has 0 saturated carbocycles. The average molecular weight is 390 g/mol. The Balaban J connectivity index is 2.02. The van der Waals surface area contributed by atoms with Crippen LogP contribution in [0.4, 0.5) is 0 Å². The Morgan fingerprint density at radius 1 is 1.04 bits per heavy atom. The summed E-state index contributed by atoms with van der Waals surface area (Å²) in [5.74, 6) is -1.14. The van der Waals surface area contributed by atoms with E-state index in [4.69, 9.17) is 0 Å². The molecule has 0 aromatic heterocycles. The summed E-state index contributed by atoms with van der Waals surface area (Å²) in [5, 5.41) is 2.51. The number of esters is 1. The quantitative estimate of drug-likeness (QED) is 0.659. The molecule has 0 saturated heterocycles. The monoisotopic (exact) mass is 390 g/mol. The number of carbonyl (C=O) groups excluding carboxylic acids is 2. The maximum atomic E-state index is 12.4. The summed E-state index contributed by atoms with van der Waals surface area (Å²) < 4.78 is 31.7. The summed E-state index contributed by atoms with van der Waals surface area (Å²) in [6.45, 7) is 1.53. The molecule has 0 aliphatic carbocycles. The first kappa shape index (κ1) is 20.6. The van der Waals surface area contributed by atoms with E-state index in [9.17, 15) is 18.0 Å². The van der Waals surface area contributed by atoms with E-state index in [0.29, 0.717) is 0 Å². The van der Waals surface area contributed by atoms with Gasteiger partial charge in [-0.25, -0.2) is 17.9 Å². The Bertz CT molecular complexity index is 880. The van der Waals surface area contributed by atoms with Gasteiger partial charge < -0.3 is 10.1 Å². The van der Waals surface area contributed by atoms with Crippen LogP contribution in [0, 0.1) is 6.92 Å². The molecule has 0 fully saturated rings. The predicted octanol–water partition coefficient (Wildman–Crippen LogP) is 1.17. The standard InChI is InChI=1S/C19H22N2O5S/c1-14-8-10-16(11-9-14)27(24,25)20-13-17(19(23)26-2)21-18(22)12-15-6-4-3-5-7-15/h3-11,17,20H,12-13H2,1-2H3,(H,21,22)/t17-/m0/s1. The van der Waals surface area contributed by atoms with Crippen molar-refractivity contribution in [3.63, 3.8) is 0 Å². The SMILES string of the molecule is COC(=O)[C@H](CNS(=O)(=O)c1ccc(C)cc1)NC(=O)Cc1ccccc1. The summed E-state index contributed by atoms with van der Waals surface area (Å²) in [6.07, 6.45) is 0.0685. The second kappa shape index (κ2) is 9.29. The minimum absolute atomic E-state index is 0.0685. The molecule has 0 bridgehead atoms. The molecule has 0 aliphatic rings. The van der Waals surface area contributed by atoms with Crippen LogP contribution in [0.5, 0.6) is 0 Å². The number of hydrogen-bond acceptors (Lipinski definition) is 5. The van der Waals surface area contributed by atoms with Crippen molar-refractivity contribution in [1.82, 2.24) is 10.0 Å². The molecule has 2 rings (SSSR count). The van der Waals surface area contributed by atoms with Crippen LogP contribution in [-0.2, 0) is 30.8 Å². The third-order valence-electron chi connectivity index (χ3n) is 3.84. The molecule has 0 unspecified atom stereocenters. The first-order chi connectivity index (χ1) is 12.8. The van der Waals surface area contributed by atoms with E-state index in [1.54, 1.807) is 36.4 Å². The van der Waals surface area contributed by atoms with E-state index >= 15 is 0 Å². The molecule has 2 aromatic rings. The molecule has 2 aromatic carbocycles. The minimum Gasteiger partial charge on any atom is -0.467 e. The fourth-order valence-corrected chi connectivity index (χ4v) is 3.40. The van der Waals surface area contributed by atoms with E-state index in [2.05, 4.69) is 14.8 Å². The Kier molecular flexibility index (Phi) is 7.09. The molecule has 1 atom stereocenters. The summed E-state index contributed by atoms with van der Waals surface area (Å²) in [4.78, 5) is 24.2. The highest BCUT2D eigenvalue weighted by molar-refractivity contribution is 7.89. The molecular weight excluding hydrogens is 368 g/mol. The number of sulfonamides is 1. The van der Waals surface area contributed by atoms with Gasteiger partial charge in [0.15, 0.2) is 0 Å². The third kappa shape index (κ3) is 6.19. The third-order valence-corrected chi connectivity index (χ3v) is 5.28. The minimum atomic E-state index is -3.82. The van der Waals surface area contributed by atoms with Crippen molar-refractivity contribution in [3.05, 3.63) is 65.7 Å². The second-order valence-corrected chi connectivity index (χ2v) is 7.74. The molecular formula is C19H22N2O5S. The lowest BCUT2D eigenvalue weighted by atomic mass is 10.1. The van der Waals surface area contributed by atoms with Crippen molar-refractivity contribution in [2.24, 2.45) is 0 Å². The van der Waals surface area contributed by atoms with Crippen LogP contribution in [0.3, 0.4) is 0 Å². The second-order valence-electron chi connectivity index (χ2n) is 5.97.